The van der Waals surface area contributed by atoms with Crippen LogP contribution in [0.5, 0.6) is 0 Å². The first-order valence-electron chi connectivity index (χ1n) is 6.95. The molecule has 0 saturated heterocycles. The van der Waals surface area contributed by atoms with Gasteiger partial charge in [-0.25, -0.2) is 4.39 Å². The van der Waals surface area contributed by atoms with Gasteiger partial charge in [0.1, 0.15) is 5.82 Å². The highest BCUT2D eigenvalue weighted by Gasteiger charge is 2.21. The van der Waals surface area contributed by atoms with Crippen molar-refractivity contribution in [2.75, 3.05) is 6.54 Å². The van der Waals surface area contributed by atoms with Crippen LogP contribution in [0.25, 0.3) is 0 Å². The van der Waals surface area contributed by atoms with E-state index in [1.807, 2.05) is 37.7 Å². The minimum Gasteiger partial charge on any atom is -0.306 e. The highest BCUT2D eigenvalue weighted by molar-refractivity contribution is 5.38. The monoisotopic (exact) mass is 275 g/mol. The molecule has 0 bridgehead atoms. The zero-order chi connectivity index (χ0) is 14.9. The van der Waals surface area contributed by atoms with Gasteiger partial charge in [0.25, 0.3) is 0 Å². The first kappa shape index (κ1) is 14.7. The Hall–Kier alpha value is -1.68. The van der Waals surface area contributed by atoms with E-state index in [4.69, 9.17) is 0 Å². The normalized spacial score (nSPS) is 12.7. The Morgan fingerprint density at radius 3 is 2.50 bits per heavy atom. The second kappa shape index (κ2) is 5.75. The molecule has 1 unspecified atom stereocenters. The standard InChI is InChI=1S/C16H22FN3/c1-6-18-16(13-8-7-10(2)14(17)9-13)15-11(3)19-20(5)12(15)4/h7-9,16,18H,6H2,1-5H3. The number of rotatable bonds is 4. The summed E-state index contributed by atoms with van der Waals surface area (Å²) in [5, 5.41) is 7.90. The van der Waals surface area contributed by atoms with Crippen molar-refractivity contribution in [3.63, 3.8) is 0 Å². The van der Waals surface area contributed by atoms with E-state index >= 15 is 0 Å². The van der Waals surface area contributed by atoms with E-state index in [1.54, 1.807) is 13.0 Å². The largest absolute Gasteiger partial charge is 0.306 e. The maximum atomic E-state index is 13.9. The number of nitrogens with one attached hydrogen (secondary N) is 1. The molecule has 2 aromatic rings. The molecular formula is C16H22FN3. The van der Waals surface area contributed by atoms with Crippen LogP contribution < -0.4 is 5.32 Å². The van der Waals surface area contributed by atoms with E-state index in [0.29, 0.717) is 5.56 Å². The molecule has 0 amide bonds. The predicted molar refractivity (Wildman–Crippen MR) is 79.3 cm³/mol. The van der Waals surface area contributed by atoms with Crippen molar-refractivity contribution < 1.29 is 4.39 Å². The van der Waals surface area contributed by atoms with E-state index in [9.17, 15) is 4.39 Å². The highest BCUT2D eigenvalue weighted by Crippen LogP contribution is 2.28. The van der Waals surface area contributed by atoms with Gasteiger partial charge in [-0.1, -0.05) is 19.1 Å². The third-order valence-corrected chi connectivity index (χ3v) is 3.79. The van der Waals surface area contributed by atoms with E-state index in [2.05, 4.69) is 17.3 Å². The van der Waals surface area contributed by atoms with Crippen molar-refractivity contribution in [3.05, 3.63) is 52.1 Å². The lowest BCUT2D eigenvalue weighted by Gasteiger charge is -2.20. The fourth-order valence-electron chi connectivity index (χ4n) is 2.59. The van der Waals surface area contributed by atoms with E-state index < -0.39 is 0 Å². The van der Waals surface area contributed by atoms with Gasteiger partial charge in [-0.15, -0.1) is 0 Å². The fraction of sp³-hybridized carbons (Fsp3) is 0.438. The minimum atomic E-state index is -0.162. The zero-order valence-electron chi connectivity index (χ0n) is 12.8. The quantitative estimate of drug-likeness (QED) is 0.928. The van der Waals surface area contributed by atoms with E-state index in [1.165, 1.54) is 0 Å². The number of hydrogen-bond acceptors (Lipinski definition) is 2. The number of nitrogens with zero attached hydrogens (tertiary/aromatic N) is 2. The van der Waals surface area contributed by atoms with E-state index in [0.717, 1.165) is 29.1 Å². The number of benzene rings is 1. The molecule has 1 aromatic carbocycles. The van der Waals surface area contributed by atoms with Crippen LogP contribution in [0, 0.1) is 26.6 Å². The van der Waals surface area contributed by atoms with Gasteiger partial charge in [-0.2, -0.15) is 5.10 Å². The van der Waals surface area contributed by atoms with Gasteiger partial charge in [-0.3, -0.25) is 4.68 Å². The first-order valence-corrected chi connectivity index (χ1v) is 6.95. The van der Waals surface area contributed by atoms with Crippen LogP contribution in [0.15, 0.2) is 18.2 Å². The molecule has 1 atom stereocenters. The molecular weight excluding hydrogens is 253 g/mol. The second-order valence-corrected chi connectivity index (χ2v) is 5.21. The molecule has 0 aliphatic rings. The van der Waals surface area contributed by atoms with Gasteiger partial charge in [0, 0.05) is 18.3 Å². The summed E-state index contributed by atoms with van der Waals surface area (Å²) in [6.45, 7) is 8.69. The van der Waals surface area contributed by atoms with Gasteiger partial charge in [0.2, 0.25) is 0 Å². The number of hydrogen-bond donors (Lipinski definition) is 1. The molecule has 20 heavy (non-hydrogen) atoms. The summed E-state index contributed by atoms with van der Waals surface area (Å²) >= 11 is 0. The Morgan fingerprint density at radius 1 is 1.30 bits per heavy atom. The number of halogens is 1. The predicted octanol–water partition coefficient (Wildman–Crippen LogP) is 3.18. The zero-order valence-corrected chi connectivity index (χ0v) is 12.8. The van der Waals surface area contributed by atoms with Crippen molar-refractivity contribution >= 4 is 0 Å². The van der Waals surface area contributed by atoms with Crippen molar-refractivity contribution in [1.29, 1.82) is 0 Å². The van der Waals surface area contributed by atoms with Crippen molar-refractivity contribution in [2.45, 2.75) is 33.7 Å². The molecule has 1 heterocycles. The Labute approximate surface area is 119 Å². The van der Waals surface area contributed by atoms with Crippen LogP contribution in [0.4, 0.5) is 4.39 Å². The third kappa shape index (κ3) is 2.61. The van der Waals surface area contributed by atoms with Gasteiger partial charge in [0.15, 0.2) is 0 Å². The van der Waals surface area contributed by atoms with Gasteiger partial charge in [-0.05, 0) is 44.5 Å². The molecule has 0 aliphatic carbocycles. The smallest absolute Gasteiger partial charge is 0.126 e. The van der Waals surface area contributed by atoms with Crippen LogP contribution in [0.1, 0.15) is 41.0 Å². The Morgan fingerprint density at radius 2 is 2.00 bits per heavy atom. The molecule has 108 valence electrons. The van der Waals surface area contributed by atoms with Crippen LogP contribution in [-0.2, 0) is 7.05 Å². The van der Waals surface area contributed by atoms with Crippen molar-refractivity contribution in [3.8, 4) is 0 Å². The molecule has 1 aromatic heterocycles. The lowest BCUT2D eigenvalue weighted by Crippen LogP contribution is -2.23. The molecule has 0 spiro atoms. The van der Waals surface area contributed by atoms with Crippen molar-refractivity contribution in [1.82, 2.24) is 15.1 Å². The molecule has 0 saturated carbocycles. The Balaban J connectivity index is 2.53. The SMILES string of the molecule is CCNC(c1ccc(C)c(F)c1)c1c(C)nn(C)c1C. The van der Waals surface area contributed by atoms with Crippen LogP contribution in [0.2, 0.25) is 0 Å². The minimum absolute atomic E-state index is 0.0243. The number of aryl methyl sites for hydroxylation is 3. The Kier molecular flexibility index (Phi) is 4.23. The summed E-state index contributed by atoms with van der Waals surface area (Å²) in [4.78, 5) is 0. The molecule has 3 nitrogen and oxygen atoms in total. The summed E-state index contributed by atoms with van der Waals surface area (Å²) < 4.78 is 15.7. The molecule has 2 rings (SSSR count). The molecule has 0 fully saturated rings. The summed E-state index contributed by atoms with van der Waals surface area (Å²) in [5.74, 6) is -0.162. The van der Waals surface area contributed by atoms with E-state index in [-0.39, 0.29) is 11.9 Å². The maximum absolute atomic E-state index is 13.9. The summed E-state index contributed by atoms with van der Waals surface area (Å²) in [5.41, 5.74) is 4.83. The van der Waals surface area contributed by atoms with Crippen molar-refractivity contribution in [2.24, 2.45) is 7.05 Å². The molecule has 1 N–H and O–H groups in total. The lowest BCUT2D eigenvalue weighted by molar-refractivity contribution is 0.594. The Bertz CT molecular complexity index is 616. The lowest BCUT2D eigenvalue weighted by atomic mass is 9.96. The maximum Gasteiger partial charge on any atom is 0.126 e. The summed E-state index contributed by atoms with van der Waals surface area (Å²) in [6, 6.07) is 5.41. The second-order valence-electron chi connectivity index (χ2n) is 5.21. The summed E-state index contributed by atoms with van der Waals surface area (Å²) in [6.07, 6.45) is 0. The third-order valence-electron chi connectivity index (χ3n) is 3.79. The van der Waals surface area contributed by atoms with Crippen LogP contribution in [-0.4, -0.2) is 16.3 Å². The van der Waals surface area contributed by atoms with Gasteiger partial charge in [0.05, 0.1) is 11.7 Å². The van der Waals surface area contributed by atoms with Gasteiger partial charge < -0.3 is 5.32 Å². The molecule has 0 radical (unpaired) electrons. The topological polar surface area (TPSA) is 29.9 Å². The van der Waals surface area contributed by atoms with Crippen LogP contribution >= 0.6 is 0 Å². The number of aromatic nitrogens is 2. The molecule has 4 heteroatoms. The average molecular weight is 275 g/mol. The highest BCUT2D eigenvalue weighted by atomic mass is 19.1. The fourth-order valence-corrected chi connectivity index (χ4v) is 2.59. The molecule has 0 aliphatic heterocycles. The summed E-state index contributed by atoms with van der Waals surface area (Å²) in [7, 11) is 1.94. The first-order chi connectivity index (χ1) is 9.45. The van der Waals surface area contributed by atoms with Gasteiger partial charge >= 0.3 is 0 Å². The average Bonchev–Trinajstić information content (AvgIpc) is 2.65. The van der Waals surface area contributed by atoms with Crippen LogP contribution in [0.3, 0.4) is 0 Å².